The summed E-state index contributed by atoms with van der Waals surface area (Å²) in [6.45, 7) is 1.15. The zero-order valence-corrected chi connectivity index (χ0v) is 12.7. The second-order valence-corrected chi connectivity index (χ2v) is 5.79. The molecule has 0 saturated carbocycles. The zero-order valence-electron chi connectivity index (χ0n) is 12.7. The number of nitrogens with one attached hydrogen (secondary N) is 1. The van der Waals surface area contributed by atoms with Crippen LogP contribution in [0.3, 0.4) is 0 Å². The molecule has 0 atom stereocenters. The molecule has 1 aromatic heterocycles. The smallest absolute Gasteiger partial charge is 0.251 e. The van der Waals surface area contributed by atoms with Gasteiger partial charge in [0.25, 0.3) is 6.43 Å². The number of halogens is 2. The van der Waals surface area contributed by atoms with Crippen molar-refractivity contribution in [1.29, 1.82) is 5.26 Å². The lowest BCUT2D eigenvalue weighted by atomic mass is 10.0. The highest BCUT2D eigenvalue weighted by Gasteiger charge is 2.21. The number of para-hydroxylation sites is 1. The fraction of sp³-hybridized carbons (Fsp3) is 0.412. The van der Waals surface area contributed by atoms with E-state index in [9.17, 15) is 14.0 Å². The molecule has 0 radical (unpaired) electrons. The summed E-state index contributed by atoms with van der Waals surface area (Å²) >= 11 is 0. The van der Waals surface area contributed by atoms with Crippen molar-refractivity contribution in [3.63, 3.8) is 0 Å². The first-order valence-corrected chi connectivity index (χ1v) is 7.72. The van der Waals surface area contributed by atoms with Crippen molar-refractivity contribution in [2.24, 2.45) is 0 Å². The molecule has 1 aliphatic rings. The van der Waals surface area contributed by atoms with Gasteiger partial charge in [0.2, 0.25) is 0 Å². The number of hydrogen-bond acceptors (Lipinski definition) is 4. The van der Waals surface area contributed by atoms with Crippen molar-refractivity contribution in [1.82, 2.24) is 9.88 Å². The fourth-order valence-electron chi connectivity index (χ4n) is 3.01. The number of aromatic nitrogens is 1. The first kappa shape index (κ1) is 15.6. The van der Waals surface area contributed by atoms with Gasteiger partial charge in [-0.05, 0) is 25.0 Å². The predicted octanol–water partition coefficient (Wildman–Crippen LogP) is 3.25. The van der Waals surface area contributed by atoms with Gasteiger partial charge in [0, 0.05) is 24.5 Å². The molecule has 1 saturated heterocycles. The summed E-state index contributed by atoms with van der Waals surface area (Å²) in [5.74, 6) is 0.674. The van der Waals surface area contributed by atoms with Gasteiger partial charge in [-0.1, -0.05) is 18.2 Å². The summed E-state index contributed by atoms with van der Waals surface area (Å²) in [6, 6.07) is 11.7. The number of likely N-dealkylation sites (tertiary alicyclic amines) is 1. The molecule has 4 nitrogen and oxygen atoms in total. The number of alkyl halides is 2. The highest BCUT2D eigenvalue weighted by Crippen LogP contribution is 2.22. The van der Waals surface area contributed by atoms with Gasteiger partial charge < -0.3 is 5.32 Å². The molecule has 6 heteroatoms. The van der Waals surface area contributed by atoms with E-state index in [1.54, 1.807) is 11.0 Å². The molecular formula is C17H18F2N4. The van der Waals surface area contributed by atoms with Gasteiger partial charge in [-0.15, -0.1) is 0 Å². The lowest BCUT2D eigenvalue weighted by molar-refractivity contribution is 0.0769. The summed E-state index contributed by atoms with van der Waals surface area (Å²) in [4.78, 5) is 6.34. The van der Waals surface area contributed by atoms with E-state index < -0.39 is 6.43 Å². The molecule has 0 bridgehead atoms. The van der Waals surface area contributed by atoms with Crippen LogP contribution in [0.1, 0.15) is 18.4 Å². The Balaban J connectivity index is 1.70. The van der Waals surface area contributed by atoms with E-state index >= 15 is 0 Å². The SMILES string of the molecule is N#Cc1cc(NC2CCN(CC(F)F)CC2)nc2ccccc12. The standard InChI is InChI=1S/C17H18F2N4/c18-16(19)11-23-7-5-13(6-8-23)21-17-9-12(10-20)14-3-1-2-4-15(14)22-17/h1-4,9,13,16H,5-8,11H2,(H,21,22). The second kappa shape index (κ2) is 6.88. The minimum atomic E-state index is -2.28. The highest BCUT2D eigenvalue weighted by atomic mass is 19.3. The molecule has 120 valence electrons. The molecule has 0 spiro atoms. The summed E-state index contributed by atoms with van der Waals surface area (Å²) in [5, 5.41) is 13.5. The van der Waals surface area contributed by atoms with Crippen molar-refractivity contribution in [3.05, 3.63) is 35.9 Å². The van der Waals surface area contributed by atoms with Crippen molar-refractivity contribution >= 4 is 16.7 Å². The minimum Gasteiger partial charge on any atom is -0.367 e. The van der Waals surface area contributed by atoms with Crippen LogP contribution in [0.5, 0.6) is 0 Å². The van der Waals surface area contributed by atoms with E-state index in [0.29, 0.717) is 24.5 Å². The number of nitrogens with zero attached hydrogens (tertiary/aromatic N) is 3. The van der Waals surface area contributed by atoms with E-state index in [0.717, 1.165) is 23.7 Å². The molecule has 1 aromatic carbocycles. The predicted molar refractivity (Wildman–Crippen MR) is 85.5 cm³/mol. The Morgan fingerprint density at radius 3 is 2.74 bits per heavy atom. The molecular weight excluding hydrogens is 298 g/mol. The van der Waals surface area contributed by atoms with Crippen molar-refractivity contribution < 1.29 is 8.78 Å². The third kappa shape index (κ3) is 3.74. The fourth-order valence-corrected chi connectivity index (χ4v) is 3.01. The number of piperidine rings is 1. The molecule has 1 N–H and O–H groups in total. The first-order chi connectivity index (χ1) is 11.2. The topological polar surface area (TPSA) is 52.0 Å². The average molecular weight is 316 g/mol. The van der Waals surface area contributed by atoms with Crippen LogP contribution in [0.2, 0.25) is 0 Å². The molecule has 2 aromatic rings. The quantitative estimate of drug-likeness (QED) is 0.941. The van der Waals surface area contributed by atoms with E-state index in [1.807, 2.05) is 24.3 Å². The monoisotopic (exact) mass is 316 g/mol. The molecule has 1 aliphatic heterocycles. The zero-order chi connectivity index (χ0) is 16.2. The van der Waals surface area contributed by atoms with Crippen LogP contribution in [0.15, 0.2) is 30.3 Å². The Kier molecular flexibility index (Phi) is 4.68. The van der Waals surface area contributed by atoms with E-state index in [2.05, 4.69) is 16.4 Å². The Hall–Kier alpha value is -2.26. The third-order valence-corrected chi connectivity index (χ3v) is 4.17. The van der Waals surface area contributed by atoms with Crippen molar-refractivity contribution in [3.8, 4) is 6.07 Å². The second-order valence-electron chi connectivity index (χ2n) is 5.79. The normalized spacial score (nSPS) is 16.6. The highest BCUT2D eigenvalue weighted by molar-refractivity contribution is 5.86. The number of rotatable bonds is 4. The van der Waals surface area contributed by atoms with E-state index in [1.165, 1.54) is 0 Å². The van der Waals surface area contributed by atoms with Crippen molar-refractivity contribution in [2.75, 3.05) is 25.0 Å². The van der Waals surface area contributed by atoms with Crippen LogP contribution in [0, 0.1) is 11.3 Å². The number of nitriles is 1. The molecule has 0 amide bonds. The van der Waals surface area contributed by atoms with Crippen LogP contribution in [0.4, 0.5) is 14.6 Å². The molecule has 0 aliphatic carbocycles. The van der Waals surface area contributed by atoms with Gasteiger partial charge in [0.15, 0.2) is 0 Å². The maximum atomic E-state index is 12.4. The molecule has 3 rings (SSSR count). The Labute approximate surface area is 133 Å². The Morgan fingerprint density at radius 1 is 1.30 bits per heavy atom. The van der Waals surface area contributed by atoms with Gasteiger partial charge in [0.05, 0.1) is 23.7 Å². The summed E-state index contributed by atoms with van der Waals surface area (Å²) < 4.78 is 24.8. The first-order valence-electron chi connectivity index (χ1n) is 7.72. The average Bonchev–Trinajstić information content (AvgIpc) is 2.55. The molecule has 23 heavy (non-hydrogen) atoms. The van der Waals surface area contributed by atoms with Crippen LogP contribution in [-0.2, 0) is 0 Å². The molecule has 0 unspecified atom stereocenters. The van der Waals surface area contributed by atoms with Crippen LogP contribution in [0.25, 0.3) is 10.9 Å². The van der Waals surface area contributed by atoms with E-state index in [-0.39, 0.29) is 12.6 Å². The lowest BCUT2D eigenvalue weighted by Gasteiger charge is -2.32. The van der Waals surface area contributed by atoms with Gasteiger partial charge in [-0.25, -0.2) is 13.8 Å². The van der Waals surface area contributed by atoms with Crippen LogP contribution < -0.4 is 5.32 Å². The van der Waals surface area contributed by atoms with E-state index in [4.69, 9.17) is 0 Å². The van der Waals surface area contributed by atoms with Gasteiger partial charge >= 0.3 is 0 Å². The van der Waals surface area contributed by atoms with Gasteiger partial charge in [-0.2, -0.15) is 5.26 Å². The van der Waals surface area contributed by atoms with Gasteiger partial charge in [-0.3, -0.25) is 4.90 Å². The summed E-state index contributed by atoms with van der Waals surface area (Å²) in [5.41, 5.74) is 1.37. The van der Waals surface area contributed by atoms with Gasteiger partial charge in [0.1, 0.15) is 5.82 Å². The number of anilines is 1. The maximum absolute atomic E-state index is 12.4. The molecule has 1 fully saturated rings. The van der Waals surface area contributed by atoms with Crippen LogP contribution in [-0.4, -0.2) is 42.0 Å². The molecule has 2 heterocycles. The lowest BCUT2D eigenvalue weighted by Crippen LogP contribution is -2.41. The number of pyridine rings is 1. The van der Waals surface area contributed by atoms with Crippen LogP contribution >= 0.6 is 0 Å². The Morgan fingerprint density at radius 2 is 2.04 bits per heavy atom. The third-order valence-electron chi connectivity index (χ3n) is 4.17. The summed E-state index contributed by atoms with van der Waals surface area (Å²) in [7, 11) is 0. The number of hydrogen-bond donors (Lipinski definition) is 1. The minimum absolute atomic E-state index is 0.153. The van der Waals surface area contributed by atoms with Crippen molar-refractivity contribution in [2.45, 2.75) is 25.3 Å². The number of fused-ring (bicyclic) bond motifs is 1. The Bertz CT molecular complexity index is 718. The maximum Gasteiger partial charge on any atom is 0.251 e. The summed E-state index contributed by atoms with van der Waals surface area (Å²) in [6.07, 6.45) is -0.688. The number of benzene rings is 1. The largest absolute Gasteiger partial charge is 0.367 e.